The first-order chi connectivity index (χ1) is 12.3. The summed E-state index contributed by atoms with van der Waals surface area (Å²) >= 11 is 0. The van der Waals surface area contributed by atoms with E-state index >= 15 is 0 Å². The van der Waals surface area contributed by atoms with Crippen LogP contribution in [0.25, 0.3) is 0 Å². The van der Waals surface area contributed by atoms with Crippen LogP contribution in [0.4, 0.5) is 0 Å². The molecule has 2 nitrogen and oxygen atoms in total. The summed E-state index contributed by atoms with van der Waals surface area (Å²) in [5.74, 6) is 0.719. The molecular weight excluding hydrogens is 306 g/mol. The third-order valence-corrected chi connectivity index (χ3v) is 4.69. The first kappa shape index (κ1) is 17.2. The van der Waals surface area contributed by atoms with Gasteiger partial charge in [0.1, 0.15) is 5.75 Å². The van der Waals surface area contributed by atoms with E-state index in [1.807, 2.05) is 18.2 Å². The maximum atomic E-state index is 10.0. The number of benzene rings is 3. The molecule has 3 rings (SSSR count). The highest BCUT2D eigenvalue weighted by atomic mass is 16.3. The summed E-state index contributed by atoms with van der Waals surface area (Å²) in [5, 5.41) is 13.6. The smallest absolute Gasteiger partial charge is 0.120 e. The van der Waals surface area contributed by atoms with Crippen LogP contribution < -0.4 is 5.32 Å². The van der Waals surface area contributed by atoms with E-state index < -0.39 is 0 Å². The monoisotopic (exact) mass is 331 g/mol. The summed E-state index contributed by atoms with van der Waals surface area (Å²) in [7, 11) is 0. The SMILES string of the molecule is CC(NCCC(c1ccccc1)c1ccccc1)c1ccccc1O. The van der Waals surface area contributed by atoms with Crippen LogP contribution in [0.5, 0.6) is 5.75 Å². The third-order valence-electron chi connectivity index (χ3n) is 4.69. The summed E-state index contributed by atoms with van der Waals surface area (Å²) in [5.41, 5.74) is 3.62. The fourth-order valence-corrected chi connectivity index (χ4v) is 3.30. The van der Waals surface area contributed by atoms with Gasteiger partial charge >= 0.3 is 0 Å². The molecule has 0 saturated heterocycles. The van der Waals surface area contributed by atoms with Gasteiger partial charge in [0.2, 0.25) is 0 Å². The van der Waals surface area contributed by atoms with Crippen molar-refractivity contribution in [3.63, 3.8) is 0 Å². The quantitative estimate of drug-likeness (QED) is 0.618. The lowest BCUT2D eigenvalue weighted by Gasteiger charge is -2.21. The molecule has 128 valence electrons. The van der Waals surface area contributed by atoms with Crippen LogP contribution in [-0.2, 0) is 0 Å². The van der Waals surface area contributed by atoms with Gasteiger partial charge in [0.05, 0.1) is 0 Å². The fourth-order valence-electron chi connectivity index (χ4n) is 3.30. The van der Waals surface area contributed by atoms with Crippen molar-refractivity contribution < 1.29 is 5.11 Å². The second-order valence-electron chi connectivity index (χ2n) is 6.40. The van der Waals surface area contributed by atoms with Crippen LogP contribution in [-0.4, -0.2) is 11.7 Å². The second kappa shape index (κ2) is 8.50. The molecule has 0 aliphatic heterocycles. The number of nitrogens with one attached hydrogen (secondary N) is 1. The minimum absolute atomic E-state index is 0.119. The lowest BCUT2D eigenvalue weighted by atomic mass is 9.88. The second-order valence-corrected chi connectivity index (χ2v) is 6.40. The van der Waals surface area contributed by atoms with Crippen LogP contribution in [0.3, 0.4) is 0 Å². The van der Waals surface area contributed by atoms with Gasteiger partial charge in [-0.2, -0.15) is 0 Å². The molecule has 0 radical (unpaired) electrons. The normalized spacial score (nSPS) is 12.2. The van der Waals surface area contributed by atoms with Crippen molar-refractivity contribution in [3.05, 3.63) is 102 Å². The van der Waals surface area contributed by atoms with E-state index in [-0.39, 0.29) is 6.04 Å². The topological polar surface area (TPSA) is 32.3 Å². The van der Waals surface area contributed by atoms with E-state index in [0.29, 0.717) is 11.7 Å². The Bertz CT molecular complexity index is 731. The number of aromatic hydroxyl groups is 1. The number of para-hydroxylation sites is 1. The molecule has 3 aromatic rings. The molecule has 3 aromatic carbocycles. The average molecular weight is 331 g/mol. The highest BCUT2D eigenvalue weighted by molar-refractivity contribution is 5.34. The minimum Gasteiger partial charge on any atom is -0.508 e. The average Bonchev–Trinajstić information content (AvgIpc) is 2.67. The summed E-state index contributed by atoms with van der Waals surface area (Å²) in [6, 6.07) is 29.0. The molecule has 0 spiro atoms. The Morgan fingerprint density at radius 1 is 0.760 bits per heavy atom. The molecule has 0 fully saturated rings. The standard InChI is InChI=1S/C23H25NO/c1-18(21-14-8-9-15-23(21)25)24-17-16-22(19-10-4-2-5-11-19)20-12-6-3-7-13-20/h2-15,18,22,24-25H,16-17H2,1H3. The Kier molecular flexibility index (Phi) is 5.86. The van der Waals surface area contributed by atoms with Crippen molar-refractivity contribution in [2.75, 3.05) is 6.54 Å². The Hall–Kier alpha value is -2.58. The number of phenols is 1. The minimum atomic E-state index is 0.119. The Balaban J connectivity index is 1.68. The summed E-state index contributed by atoms with van der Waals surface area (Å²) in [6.07, 6.45) is 1.01. The zero-order valence-corrected chi connectivity index (χ0v) is 14.6. The van der Waals surface area contributed by atoms with Gasteiger partial charge in [-0.3, -0.25) is 0 Å². The molecule has 0 aromatic heterocycles. The molecule has 0 saturated carbocycles. The molecule has 0 bridgehead atoms. The van der Waals surface area contributed by atoms with Gasteiger partial charge in [0, 0.05) is 17.5 Å². The molecule has 0 aliphatic carbocycles. The predicted octanol–water partition coefficient (Wildman–Crippen LogP) is 5.27. The molecule has 25 heavy (non-hydrogen) atoms. The van der Waals surface area contributed by atoms with Gasteiger partial charge in [0.25, 0.3) is 0 Å². The number of hydrogen-bond donors (Lipinski definition) is 2. The van der Waals surface area contributed by atoms with Gasteiger partial charge in [0.15, 0.2) is 0 Å². The first-order valence-electron chi connectivity index (χ1n) is 8.87. The molecule has 1 unspecified atom stereocenters. The van der Waals surface area contributed by atoms with Crippen LogP contribution >= 0.6 is 0 Å². The number of rotatable bonds is 7. The summed E-state index contributed by atoms with van der Waals surface area (Å²) in [6.45, 7) is 2.97. The van der Waals surface area contributed by atoms with Crippen molar-refractivity contribution >= 4 is 0 Å². The van der Waals surface area contributed by atoms with E-state index in [1.54, 1.807) is 6.07 Å². The Morgan fingerprint density at radius 3 is 1.84 bits per heavy atom. The van der Waals surface area contributed by atoms with Crippen LogP contribution in [0.15, 0.2) is 84.9 Å². The lowest BCUT2D eigenvalue weighted by molar-refractivity contribution is 0.450. The Labute approximate surface area is 150 Å². The fraction of sp³-hybridized carbons (Fsp3) is 0.217. The maximum absolute atomic E-state index is 10.0. The highest BCUT2D eigenvalue weighted by Gasteiger charge is 2.15. The predicted molar refractivity (Wildman–Crippen MR) is 104 cm³/mol. The molecule has 1 atom stereocenters. The molecular formula is C23H25NO. The summed E-state index contributed by atoms with van der Waals surface area (Å²) in [4.78, 5) is 0. The Morgan fingerprint density at radius 2 is 1.28 bits per heavy atom. The molecule has 2 N–H and O–H groups in total. The number of hydrogen-bond acceptors (Lipinski definition) is 2. The molecule has 0 heterocycles. The van der Waals surface area contributed by atoms with Gasteiger partial charge in [-0.25, -0.2) is 0 Å². The van der Waals surface area contributed by atoms with Gasteiger partial charge in [-0.05, 0) is 37.1 Å². The maximum Gasteiger partial charge on any atom is 0.120 e. The van der Waals surface area contributed by atoms with Crippen LogP contribution in [0.2, 0.25) is 0 Å². The van der Waals surface area contributed by atoms with E-state index in [2.05, 4.69) is 72.9 Å². The van der Waals surface area contributed by atoms with Crippen LogP contribution in [0, 0.1) is 0 Å². The van der Waals surface area contributed by atoms with Crippen molar-refractivity contribution in [1.29, 1.82) is 0 Å². The van der Waals surface area contributed by atoms with E-state index in [1.165, 1.54) is 11.1 Å². The van der Waals surface area contributed by atoms with Gasteiger partial charge in [-0.1, -0.05) is 78.9 Å². The lowest BCUT2D eigenvalue weighted by Crippen LogP contribution is -2.22. The van der Waals surface area contributed by atoms with Crippen molar-refractivity contribution in [3.8, 4) is 5.75 Å². The third kappa shape index (κ3) is 4.49. The molecule has 0 amide bonds. The van der Waals surface area contributed by atoms with Crippen molar-refractivity contribution in [2.45, 2.75) is 25.3 Å². The van der Waals surface area contributed by atoms with E-state index in [0.717, 1.165) is 18.5 Å². The van der Waals surface area contributed by atoms with E-state index in [9.17, 15) is 5.11 Å². The molecule has 2 heteroatoms. The summed E-state index contributed by atoms with van der Waals surface area (Å²) < 4.78 is 0. The van der Waals surface area contributed by atoms with Crippen molar-refractivity contribution in [2.24, 2.45) is 0 Å². The first-order valence-corrected chi connectivity index (χ1v) is 8.87. The van der Waals surface area contributed by atoms with E-state index in [4.69, 9.17) is 0 Å². The van der Waals surface area contributed by atoms with Gasteiger partial charge in [-0.15, -0.1) is 0 Å². The number of phenolic OH excluding ortho intramolecular Hbond substituents is 1. The zero-order valence-electron chi connectivity index (χ0n) is 14.6. The van der Waals surface area contributed by atoms with Crippen LogP contribution in [0.1, 0.15) is 42.0 Å². The zero-order chi connectivity index (χ0) is 17.5. The highest BCUT2D eigenvalue weighted by Crippen LogP contribution is 2.28. The molecule has 0 aliphatic rings. The van der Waals surface area contributed by atoms with Gasteiger partial charge < -0.3 is 10.4 Å². The largest absolute Gasteiger partial charge is 0.508 e. The van der Waals surface area contributed by atoms with Crippen molar-refractivity contribution in [1.82, 2.24) is 5.32 Å².